The molecule has 2 rings (SSSR count). The molecule has 0 fully saturated rings. The van der Waals surface area contributed by atoms with Gasteiger partial charge in [0.2, 0.25) is 5.91 Å². The van der Waals surface area contributed by atoms with Crippen molar-refractivity contribution < 1.29 is 14.3 Å². The lowest BCUT2D eigenvalue weighted by Crippen LogP contribution is -2.31. The number of nitrogens with zero attached hydrogens (tertiary/aromatic N) is 1. The Labute approximate surface area is 165 Å². The molecule has 27 heavy (non-hydrogen) atoms. The van der Waals surface area contributed by atoms with Gasteiger partial charge < -0.3 is 9.64 Å². The summed E-state index contributed by atoms with van der Waals surface area (Å²) in [5, 5.41) is 0.641. The summed E-state index contributed by atoms with van der Waals surface area (Å²) in [6.07, 6.45) is 3.47. The molecular weight excluding hydrogens is 362 g/mol. The van der Waals surface area contributed by atoms with Crippen LogP contribution in [0.1, 0.15) is 30.0 Å². The molecule has 2 aromatic carbocycles. The highest BCUT2D eigenvalue weighted by Crippen LogP contribution is 2.13. The van der Waals surface area contributed by atoms with E-state index in [-0.39, 0.29) is 18.3 Å². The fourth-order valence-corrected chi connectivity index (χ4v) is 2.61. The van der Waals surface area contributed by atoms with Crippen molar-refractivity contribution >= 4 is 29.6 Å². The van der Waals surface area contributed by atoms with Crippen molar-refractivity contribution in [2.75, 3.05) is 13.2 Å². The van der Waals surface area contributed by atoms with E-state index in [4.69, 9.17) is 16.3 Å². The number of hydrogen-bond acceptors (Lipinski definition) is 3. The van der Waals surface area contributed by atoms with Crippen molar-refractivity contribution in [3.8, 4) is 0 Å². The average Bonchev–Trinajstić information content (AvgIpc) is 2.66. The third-order valence-corrected chi connectivity index (χ3v) is 4.24. The smallest absolute Gasteiger partial charge is 0.307 e. The van der Waals surface area contributed by atoms with Gasteiger partial charge in [-0.2, -0.15) is 0 Å². The lowest BCUT2D eigenvalue weighted by atomic mass is 10.1. The van der Waals surface area contributed by atoms with Crippen LogP contribution >= 0.6 is 11.6 Å². The molecule has 0 radical (unpaired) electrons. The van der Waals surface area contributed by atoms with E-state index in [1.54, 1.807) is 30.0 Å². The first-order valence-corrected chi connectivity index (χ1v) is 9.29. The Morgan fingerprint density at radius 1 is 1.07 bits per heavy atom. The minimum Gasteiger partial charge on any atom is -0.466 e. The van der Waals surface area contributed by atoms with Crippen molar-refractivity contribution in [2.24, 2.45) is 0 Å². The van der Waals surface area contributed by atoms with Crippen LogP contribution < -0.4 is 0 Å². The topological polar surface area (TPSA) is 46.6 Å². The second-order valence-corrected chi connectivity index (χ2v) is 6.62. The van der Waals surface area contributed by atoms with Gasteiger partial charge in [0.15, 0.2) is 0 Å². The molecule has 0 unspecified atom stereocenters. The monoisotopic (exact) mass is 385 g/mol. The number of ether oxygens (including phenoxy) is 1. The first-order chi connectivity index (χ1) is 13.0. The average molecular weight is 386 g/mol. The van der Waals surface area contributed by atoms with E-state index in [0.717, 1.165) is 16.7 Å². The summed E-state index contributed by atoms with van der Waals surface area (Å²) in [5.41, 5.74) is 3.06. The zero-order chi connectivity index (χ0) is 19.6. The minimum atomic E-state index is -0.311. The number of benzene rings is 2. The predicted octanol–water partition coefficient (Wildman–Crippen LogP) is 4.64. The van der Waals surface area contributed by atoms with Crippen LogP contribution in [0.5, 0.6) is 0 Å². The van der Waals surface area contributed by atoms with Crippen molar-refractivity contribution in [1.82, 2.24) is 4.90 Å². The summed E-state index contributed by atoms with van der Waals surface area (Å²) >= 11 is 5.92. The first kappa shape index (κ1) is 20.7. The van der Waals surface area contributed by atoms with E-state index < -0.39 is 0 Å². The molecule has 0 saturated heterocycles. The largest absolute Gasteiger partial charge is 0.466 e. The number of carbonyl (C=O) groups excluding carboxylic acids is 2. The van der Waals surface area contributed by atoms with Gasteiger partial charge in [-0.25, -0.2) is 0 Å². The van der Waals surface area contributed by atoms with Crippen LogP contribution in [0, 0.1) is 6.92 Å². The van der Waals surface area contributed by atoms with Gasteiger partial charge in [0.05, 0.1) is 13.0 Å². The lowest BCUT2D eigenvalue weighted by Gasteiger charge is -2.21. The molecule has 0 saturated carbocycles. The van der Waals surface area contributed by atoms with Gasteiger partial charge in [-0.1, -0.05) is 53.6 Å². The second-order valence-electron chi connectivity index (χ2n) is 6.19. The Balaban J connectivity index is 2.08. The van der Waals surface area contributed by atoms with Crippen LogP contribution in [0.3, 0.4) is 0 Å². The van der Waals surface area contributed by atoms with Crippen molar-refractivity contribution in [3.05, 3.63) is 76.3 Å². The third kappa shape index (κ3) is 7.27. The highest BCUT2D eigenvalue weighted by atomic mass is 35.5. The molecule has 1 amide bonds. The Morgan fingerprint density at radius 2 is 1.74 bits per heavy atom. The Hall–Kier alpha value is -2.59. The lowest BCUT2D eigenvalue weighted by molar-refractivity contribution is -0.143. The van der Waals surface area contributed by atoms with E-state index in [9.17, 15) is 9.59 Å². The van der Waals surface area contributed by atoms with E-state index >= 15 is 0 Å². The van der Waals surface area contributed by atoms with Crippen molar-refractivity contribution in [1.29, 1.82) is 0 Å². The maximum Gasteiger partial charge on any atom is 0.307 e. The van der Waals surface area contributed by atoms with Gasteiger partial charge in [-0.3, -0.25) is 9.59 Å². The summed E-state index contributed by atoms with van der Waals surface area (Å²) in [6, 6.07) is 15.2. The second kappa shape index (κ2) is 10.5. The number of aryl methyl sites for hydroxylation is 1. The SMILES string of the molecule is CCOC(=O)CCN(Cc1ccc(Cl)cc1)C(=O)/C=C/c1ccc(C)cc1. The van der Waals surface area contributed by atoms with Crippen LogP contribution in [-0.4, -0.2) is 29.9 Å². The minimum absolute atomic E-state index is 0.158. The van der Waals surface area contributed by atoms with Crippen LogP contribution in [0.25, 0.3) is 6.08 Å². The molecule has 2 aromatic rings. The molecule has 0 heterocycles. The van der Waals surface area contributed by atoms with Gasteiger partial charge >= 0.3 is 5.97 Å². The quantitative estimate of drug-likeness (QED) is 0.491. The molecular formula is C22H24ClNO3. The fourth-order valence-electron chi connectivity index (χ4n) is 2.49. The van der Waals surface area contributed by atoms with Gasteiger partial charge in [0.25, 0.3) is 0 Å². The molecule has 0 N–H and O–H groups in total. The van der Waals surface area contributed by atoms with Crippen molar-refractivity contribution in [2.45, 2.75) is 26.8 Å². The Kier molecular flexibility index (Phi) is 8.08. The normalized spacial score (nSPS) is 10.8. The summed E-state index contributed by atoms with van der Waals surface area (Å²) in [5.74, 6) is -0.469. The molecule has 0 spiro atoms. The fraction of sp³-hybridized carbons (Fsp3) is 0.273. The van der Waals surface area contributed by atoms with Crippen LogP contribution in [0.15, 0.2) is 54.6 Å². The highest BCUT2D eigenvalue weighted by molar-refractivity contribution is 6.30. The molecule has 4 nitrogen and oxygen atoms in total. The third-order valence-electron chi connectivity index (χ3n) is 3.99. The van der Waals surface area contributed by atoms with Crippen molar-refractivity contribution in [3.63, 3.8) is 0 Å². The highest BCUT2D eigenvalue weighted by Gasteiger charge is 2.14. The number of rotatable bonds is 8. The first-order valence-electron chi connectivity index (χ1n) is 8.91. The molecule has 142 valence electrons. The molecule has 0 aromatic heterocycles. The van der Waals surface area contributed by atoms with Crippen LogP contribution in [-0.2, 0) is 20.9 Å². The predicted molar refractivity (Wildman–Crippen MR) is 108 cm³/mol. The number of halogens is 1. The summed E-state index contributed by atoms with van der Waals surface area (Å²) in [6.45, 7) is 4.80. The zero-order valence-electron chi connectivity index (χ0n) is 15.7. The molecule has 0 atom stereocenters. The number of esters is 1. The molecule has 0 bridgehead atoms. The summed E-state index contributed by atoms with van der Waals surface area (Å²) < 4.78 is 4.97. The van der Waals surface area contributed by atoms with Gasteiger partial charge in [0, 0.05) is 24.2 Å². The molecule has 0 aliphatic carbocycles. The Morgan fingerprint density at radius 3 is 2.37 bits per heavy atom. The summed E-state index contributed by atoms with van der Waals surface area (Å²) in [4.78, 5) is 26.0. The number of hydrogen-bond donors (Lipinski definition) is 0. The zero-order valence-corrected chi connectivity index (χ0v) is 16.4. The molecule has 5 heteroatoms. The summed E-state index contributed by atoms with van der Waals surface area (Å²) in [7, 11) is 0. The van der Waals surface area contributed by atoms with E-state index in [1.165, 1.54) is 6.08 Å². The van der Waals surface area contributed by atoms with Gasteiger partial charge in [-0.15, -0.1) is 0 Å². The van der Waals surface area contributed by atoms with Gasteiger partial charge in [-0.05, 0) is 43.2 Å². The standard InChI is InChI=1S/C22H24ClNO3/c1-3-27-22(26)14-15-24(16-19-8-11-20(23)12-9-19)21(25)13-10-18-6-4-17(2)5-7-18/h4-13H,3,14-16H2,1-2H3/b13-10+. The van der Waals surface area contributed by atoms with E-state index in [2.05, 4.69) is 0 Å². The Bertz CT molecular complexity index is 782. The number of amides is 1. The van der Waals surface area contributed by atoms with Crippen LogP contribution in [0.4, 0.5) is 0 Å². The molecule has 0 aliphatic heterocycles. The molecule has 0 aliphatic rings. The maximum absolute atomic E-state index is 12.7. The van der Waals surface area contributed by atoms with E-state index in [1.807, 2.05) is 43.3 Å². The van der Waals surface area contributed by atoms with Crippen LogP contribution in [0.2, 0.25) is 5.02 Å². The maximum atomic E-state index is 12.7. The number of carbonyl (C=O) groups is 2. The van der Waals surface area contributed by atoms with E-state index in [0.29, 0.717) is 24.7 Å². The van der Waals surface area contributed by atoms with Gasteiger partial charge in [0.1, 0.15) is 0 Å².